The van der Waals surface area contributed by atoms with Crippen LogP contribution in [0.2, 0.25) is 0 Å². The van der Waals surface area contributed by atoms with E-state index in [0.717, 1.165) is 10.0 Å². The highest BCUT2D eigenvalue weighted by molar-refractivity contribution is 9.10. The minimum atomic E-state index is -0.178. The molecule has 0 saturated heterocycles. The first kappa shape index (κ1) is 12.2. The highest BCUT2D eigenvalue weighted by atomic mass is 79.9. The van der Waals surface area contributed by atoms with Gasteiger partial charge in [-0.1, -0.05) is 41.9 Å². The third-order valence-electron chi connectivity index (χ3n) is 2.35. The molecule has 0 aliphatic heterocycles. The molecule has 1 aromatic carbocycles. The van der Waals surface area contributed by atoms with E-state index in [2.05, 4.69) is 15.9 Å². The summed E-state index contributed by atoms with van der Waals surface area (Å²) in [7, 11) is 1.43. The van der Waals surface area contributed by atoms with Crippen LogP contribution in [0.4, 0.5) is 0 Å². The quantitative estimate of drug-likeness (QED) is 0.788. The van der Waals surface area contributed by atoms with Crippen molar-refractivity contribution in [2.24, 2.45) is 5.92 Å². The maximum Gasteiger partial charge on any atom is 0.313 e. The molecule has 0 N–H and O–H groups in total. The average Bonchev–Trinajstić information content (AvgIpc) is 2.20. The zero-order valence-corrected chi connectivity index (χ0v) is 10.7. The monoisotopic (exact) mass is 270 g/mol. The number of benzene rings is 1. The molecule has 0 saturated carbocycles. The van der Waals surface area contributed by atoms with E-state index in [1.54, 1.807) is 0 Å². The highest BCUT2D eigenvalue weighted by Crippen LogP contribution is 2.26. The van der Waals surface area contributed by atoms with Gasteiger partial charge in [-0.15, -0.1) is 0 Å². The van der Waals surface area contributed by atoms with Crippen LogP contribution in [0, 0.1) is 5.92 Å². The third kappa shape index (κ3) is 3.06. The average molecular weight is 271 g/mol. The number of hydrogen-bond donors (Lipinski definition) is 0. The molecule has 0 amide bonds. The Balaban J connectivity index is 2.99. The number of hydrogen-bond acceptors (Lipinski definition) is 2. The van der Waals surface area contributed by atoms with Gasteiger partial charge in [0, 0.05) is 4.47 Å². The Morgan fingerprint density at radius 3 is 2.20 bits per heavy atom. The van der Waals surface area contributed by atoms with Crippen molar-refractivity contribution >= 4 is 21.9 Å². The second-order valence-electron chi connectivity index (χ2n) is 3.80. The molecule has 0 aromatic heterocycles. The molecule has 0 bridgehead atoms. The molecule has 0 aliphatic rings. The SMILES string of the molecule is COC(=O)C(c1ccc(Br)cc1)C(C)C. The molecule has 2 nitrogen and oxygen atoms in total. The summed E-state index contributed by atoms with van der Waals surface area (Å²) < 4.78 is 5.82. The Morgan fingerprint density at radius 2 is 1.80 bits per heavy atom. The van der Waals surface area contributed by atoms with E-state index in [-0.39, 0.29) is 17.8 Å². The Kier molecular flexibility index (Phi) is 4.33. The standard InChI is InChI=1S/C12H15BrO2/c1-8(2)11(12(14)15-3)9-4-6-10(13)7-5-9/h4-8,11H,1-3H3. The van der Waals surface area contributed by atoms with E-state index in [1.807, 2.05) is 38.1 Å². The van der Waals surface area contributed by atoms with Crippen LogP contribution in [-0.4, -0.2) is 13.1 Å². The van der Waals surface area contributed by atoms with Crippen LogP contribution in [0.3, 0.4) is 0 Å². The van der Waals surface area contributed by atoms with E-state index >= 15 is 0 Å². The van der Waals surface area contributed by atoms with Crippen LogP contribution in [0.5, 0.6) is 0 Å². The van der Waals surface area contributed by atoms with Gasteiger partial charge in [0.2, 0.25) is 0 Å². The second kappa shape index (κ2) is 5.31. The van der Waals surface area contributed by atoms with Gasteiger partial charge in [-0.25, -0.2) is 0 Å². The first-order chi connectivity index (χ1) is 7.06. The molecule has 1 aromatic rings. The summed E-state index contributed by atoms with van der Waals surface area (Å²) in [5, 5.41) is 0. The summed E-state index contributed by atoms with van der Waals surface area (Å²) >= 11 is 3.37. The van der Waals surface area contributed by atoms with Gasteiger partial charge >= 0.3 is 5.97 Å². The van der Waals surface area contributed by atoms with Crippen LogP contribution in [-0.2, 0) is 9.53 Å². The van der Waals surface area contributed by atoms with E-state index in [0.29, 0.717) is 0 Å². The Hall–Kier alpha value is -0.830. The van der Waals surface area contributed by atoms with Crippen LogP contribution < -0.4 is 0 Å². The lowest BCUT2D eigenvalue weighted by Gasteiger charge is -2.18. The summed E-state index contributed by atoms with van der Waals surface area (Å²) in [4.78, 5) is 11.6. The number of esters is 1. The fourth-order valence-electron chi connectivity index (χ4n) is 1.59. The number of ether oxygens (including phenoxy) is 1. The smallest absolute Gasteiger partial charge is 0.313 e. The topological polar surface area (TPSA) is 26.3 Å². The van der Waals surface area contributed by atoms with Gasteiger partial charge in [-0.05, 0) is 23.6 Å². The van der Waals surface area contributed by atoms with Crippen molar-refractivity contribution < 1.29 is 9.53 Å². The van der Waals surface area contributed by atoms with Crippen molar-refractivity contribution in [3.63, 3.8) is 0 Å². The molecule has 0 radical (unpaired) electrons. The molecule has 82 valence electrons. The Morgan fingerprint density at radius 1 is 1.27 bits per heavy atom. The van der Waals surface area contributed by atoms with Crippen LogP contribution in [0.1, 0.15) is 25.3 Å². The molecular weight excluding hydrogens is 256 g/mol. The number of carbonyl (C=O) groups excluding carboxylic acids is 1. The molecule has 0 heterocycles. The van der Waals surface area contributed by atoms with E-state index in [4.69, 9.17) is 4.74 Å². The lowest BCUT2D eigenvalue weighted by atomic mass is 9.89. The third-order valence-corrected chi connectivity index (χ3v) is 2.88. The predicted molar refractivity (Wildman–Crippen MR) is 63.7 cm³/mol. The number of halogens is 1. The molecule has 15 heavy (non-hydrogen) atoms. The fraction of sp³-hybridized carbons (Fsp3) is 0.417. The molecule has 1 rings (SSSR count). The number of rotatable bonds is 3. The molecule has 0 spiro atoms. The first-order valence-corrected chi connectivity index (χ1v) is 5.69. The highest BCUT2D eigenvalue weighted by Gasteiger charge is 2.24. The van der Waals surface area contributed by atoms with Crippen LogP contribution in [0.15, 0.2) is 28.7 Å². The van der Waals surface area contributed by atoms with Crippen molar-refractivity contribution in [1.82, 2.24) is 0 Å². The van der Waals surface area contributed by atoms with Gasteiger partial charge in [0.15, 0.2) is 0 Å². The maximum absolute atomic E-state index is 11.6. The van der Waals surface area contributed by atoms with Crippen molar-refractivity contribution in [3.05, 3.63) is 34.3 Å². The zero-order chi connectivity index (χ0) is 11.4. The lowest BCUT2D eigenvalue weighted by molar-refractivity contribution is -0.143. The van der Waals surface area contributed by atoms with Gasteiger partial charge in [-0.3, -0.25) is 4.79 Å². The first-order valence-electron chi connectivity index (χ1n) is 4.89. The van der Waals surface area contributed by atoms with Crippen LogP contribution >= 0.6 is 15.9 Å². The molecular formula is C12H15BrO2. The Labute approximate surface area is 98.8 Å². The van der Waals surface area contributed by atoms with Crippen molar-refractivity contribution in [3.8, 4) is 0 Å². The van der Waals surface area contributed by atoms with Gasteiger partial charge in [0.1, 0.15) is 0 Å². The number of carbonyl (C=O) groups is 1. The van der Waals surface area contributed by atoms with Gasteiger partial charge in [-0.2, -0.15) is 0 Å². The number of methoxy groups -OCH3 is 1. The van der Waals surface area contributed by atoms with E-state index in [1.165, 1.54) is 7.11 Å². The molecule has 0 fully saturated rings. The Bertz CT molecular complexity index is 330. The maximum atomic E-state index is 11.6. The molecule has 3 heteroatoms. The van der Waals surface area contributed by atoms with Crippen molar-refractivity contribution in [2.75, 3.05) is 7.11 Å². The largest absolute Gasteiger partial charge is 0.469 e. The van der Waals surface area contributed by atoms with Gasteiger partial charge in [0.05, 0.1) is 13.0 Å². The minimum Gasteiger partial charge on any atom is -0.469 e. The van der Waals surface area contributed by atoms with Crippen molar-refractivity contribution in [2.45, 2.75) is 19.8 Å². The molecule has 1 atom stereocenters. The minimum absolute atomic E-state index is 0.174. The predicted octanol–water partition coefficient (Wildman–Crippen LogP) is 3.36. The lowest BCUT2D eigenvalue weighted by Crippen LogP contribution is -2.19. The van der Waals surface area contributed by atoms with E-state index in [9.17, 15) is 4.79 Å². The molecule has 0 aliphatic carbocycles. The summed E-state index contributed by atoms with van der Waals surface area (Å²) in [5.74, 6) is -0.117. The summed E-state index contributed by atoms with van der Waals surface area (Å²) in [5.41, 5.74) is 1.00. The second-order valence-corrected chi connectivity index (χ2v) is 4.71. The normalized spacial score (nSPS) is 12.6. The fourth-order valence-corrected chi connectivity index (χ4v) is 1.85. The van der Waals surface area contributed by atoms with Gasteiger partial charge in [0.25, 0.3) is 0 Å². The van der Waals surface area contributed by atoms with Crippen LogP contribution in [0.25, 0.3) is 0 Å². The zero-order valence-electron chi connectivity index (χ0n) is 9.16. The molecule has 1 unspecified atom stereocenters. The summed E-state index contributed by atoms with van der Waals surface area (Å²) in [6.45, 7) is 4.03. The van der Waals surface area contributed by atoms with E-state index < -0.39 is 0 Å². The van der Waals surface area contributed by atoms with Gasteiger partial charge < -0.3 is 4.74 Å². The van der Waals surface area contributed by atoms with Crippen molar-refractivity contribution in [1.29, 1.82) is 0 Å². The summed E-state index contributed by atoms with van der Waals surface area (Å²) in [6, 6.07) is 7.78. The summed E-state index contributed by atoms with van der Waals surface area (Å²) in [6.07, 6.45) is 0.